The van der Waals surface area contributed by atoms with Gasteiger partial charge in [0, 0.05) is 11.3 Å². The minimum absolute atomic E-state index is 0.125. The molecule has 2 amide bonds. The lowest BCUT2D eigenvalue weighted by molar-refractivity contribution is 0.252. The molecule has 0 saturated carbocycles. The summed E-state index contributed by atoms with van der Waals surface area (Å²) < 4.78 is 0. The highest BCUT2D eigenvalue weighted by Crippen LogP contribution is 2.17. The predicted octanol–water partition coefficient (Wildman–Crippen LogP) is 3.47. The molecule has 0 aromatic heterocycles. The molecule has 0 saturated heterocycles. The Morgan fingerprint density at radius 3 is 2.45 bits per heavy atom. The number of hydrazone groups is 1. The van der Waals surface area contributed by atoms with Gasteiger partial charge in [-0.15, -0.1) is 0 Å². The van der Waals surface area contributed by atoms with E-state index in [9.17, 15) is 9.90 Å². The second-order valence-electron chi connectivity index (χ2n) is 5.20. The number of phenolic OH excluding ortho intramolecular Hbond substituents is 1. The van der Waals surface area contributed by atoms with Crippen molar-refractivity contribution in [3.05, 3.63) is 58.7 Å². The number of anilines is 1. The van der Waals surface area contributed by atoms with Crippen LogP contribution in [0.25, 0.3) is 0 Å². The Hall–Kier alpha value is -2.82. The fourth-order valence-electron chi connectivity index (χ4n) is 2.03. The molecule has 0 fully saturated rings. The van der Waals surface area contributed by atoms with E-state index in [0.717, 1.165) is 22.4 Å². The SMILES string of the molecule is Cc1ccc(NC(=O)N/N=C/c2ccc(C)cc2O)c(C)c1. The maximum atomic E-state index is 11.8. The smallest absolute Gasteiger partial charge is 0.339 e. The van der Waals surface area contributed by atoms with Crippen molar-refractivity contribution in [2.75, 3.05) is 5.32 Å². The molecule has 3 N–H and O–H groups in total. The predicted molar refractivity (Wildman–Crippen MR) is 88.5 cm³/mol. The lowest BCUT2D eigenvalue weighted by atomic mass is 10.1. The molecule has 2 aromatic rings. The number of benzene rings is 2. The van der Waals surface area contributed by atoms with Crippen LogP contribution >= 0.6 is 0 Å². The molecular weight excluding hydrogens is 278 g/mol. The Kier molecular flexibility index (Phi) is 4.78. The highest BCUT2D eigenvalue weighted by atomic mass is 16.3. The summed E-state index contributed by atoms with van der Waals surface area (Å²) >= 11 is 0. The number of carbonyl (C=O) groups is 1. The largest absolute Gasteiger partial charge is 0.507 e. The van der Waals surface area contributed by atoms with Gasteiger partial charge in [-0.2, -0.15) is 5.10 Å². The summed E-state index contributed by atoms with van der Waals surface area (Å²) in [6.45, 7) is 5.81. The van der Waals surface area contributed by atoms with Gasteiger partial charge in [0.05, 0.1) is 6.21 Å². The molecule has 0 spiro atoms. The van der Waals surface area contributed by atoms with E-state index in [2.05, 4.69) is 15.8 Å². The summed E-state index contributed by atoms with van der Waals surface area (Å²) in [5, 5.41) is 16.3. The van der Waals surface area contributed by atoms with Crippen molar-refractivity contribution in [1.29, 1.82) is 0 Å². The summed E-state index contributed by atoms with van der Waals surface area (Å²) in [5.41, 5.74) is 6.71. The first kappa shape index (κ1) is 15.6. The lowest BCUT2D eigenvalue weighted by Crippen LogP contribution is -2.24. The van der Waals surface area contributed by atoms with Crippen LogP contribution in [0.1, 0.15) is 22.3 Å². The molecule has 0 aliphatic carbocycles. The van der Waals surface area contributed by atoms with Gasteiger partial charge in [-0.3, -0.25) is 0 Å². The number of amides is 2. The van der Waals surface area contributed by atoms with Gasteiger partial charge >= 0.3 is 6.03 Å². The maximum Gasteiger partial charge on any atom is 0.339 e. The molecule has 22 heavy (non-hydrogen) atoms. The second kappa shape index (κ2) is 6.76. The quantitative estimate of drug-likeness (QED) is 0.599. The molecule has 2 rings (SSSR count). The van der Waals surface area contributed by atoms with Crippen molar-refractivity contribution in [3.8, 4) is 5.75 Å². The Morgan fingerprint density at radius 2 is 1.77 bits per heavy atom. The Morgan fingerprint density at radius 1 is 1.09 bits per heavy atom. The van der Waals surface area contributed by atoms with Crippen LogP contribution in [-0.4, -0.2) is 17.4 Å². The number of nitrogens with zero attached hydrogens (tertiary/aromatic N) is 1. The zero-order chi connectivity index (χ0) is 16.1. The molecule has 0 aliphatic rings. The van der Waals surface area contributed by atoms with Crippen molar-refractivity contribution in [2.24, 2.45) is 5.10 Å². The Balaban J connectivity index is 1.96. The number of aryl methyl sites for hydroxylation is 3. The molecule has 0 bridgehead atoms. The normalized spacial score (nSPS) is 10.7. The zero-order valence-electron chi connectivity index (χ0n) is 12.8. The highest BCUT2D eigenvalue weighted by Gasteiger charge is 2.03. The van der Waals surface area contributed by atoms with E-state index >= 15 is 0 Å². The van der Waals surface area contributed by atoms with Crippen molar-refractivity contribution in [2.45, 2.75) is 20.8 Å². The first-order valence-electron chi connectivity index (χ1n) is 6.92. The topological polar surface area (TPSA) is 73.7 Å². The average Bonchev–Trinajstić information content (AvgIpc) is 2.44. The summed E-state index contributed by atoms with van der Waals surface area (Å²) in [6, 6.07) is 10.6. The van der Waals surface area contributed by atoms with Crippen LogP contribution < -0.4 is 10.7 Å². The monoisotopic (exact) mass is 297 g/mol. The van der Waals surface area contributed by atoms with Crippen LogP contribution in [0.4, 0.5) is 10.5 Å². The van der Waals surface area contributed by atoms with Crippen molar-refractivity contribution >= 4 is 17.9 Å². The molecular formula is C17H19N3O2. The third kappa shape index (κ3) is 4.09. The standard InChI is InChI=1S/C17H19N3O2/c1-11-5-7-15(13(3)8-11)19-17(22)20-18-10-14-6-4-12(2)9-16(14)21/h4-10,21H,1-3H3,(H2,19,20,22)/b18-10+. The van der Waals surface area contributed by atoms with Gasteiger partial charge in [-0.25, -0.2) is 10.2 Å². The average molecular weight is 297 g/mol. The van der Waals surface area contributed by atoms with Crippen LogP contribution in [0, 0.1) is 20.8 Å². The van der Waals surface area contributed by atoms with Gasteiger partial charge in [0.2, 0.25) is 0 Å². The van der Waals surface area contributed by atoms with Crippen molar-refractivity contribution < 1.29 is 9.90 Å². The highest BCUT2D eigenvalue weighted by molar-refractivity contribution is 5.91. The first-order valence-corrected chi connectivity index (χ1v) is 6.92. The van der Waals surface area contributed by atoms with Crippen LogP contribution in [-0.2, 0) is 0 Å². The Bertz CT molecular complexity index is 724. The molecule has 0 heterocycles. The summed E-state index contributed by atoms with van der Waals surface area (Å²) in [4.78, 5) is 11.8. The fourth-order valence-corrected chi connectivity index (χ4v) is 2.03. The number of aromatic hydroxyl groups is 1. The molecule has 0 aliphatic heterocycles. The minimum atomic E-state index is -0.435. The van der Waals surface area contributed by atoms with E-state index < -0.39 is 6.03 Å². The van der Waals surface area contributed by atoms with E-state index in [1.54, 1.807) is 12.1 Å². The van der Waals surface area contributed by atoms with Crippen molar-refractivity contribution in [3.63, 3.8) is 0 Å². The van der Waals surface area contributed by atoms with Crippen molar-refractivity contribution in [1.82, 2.24) is 5.43 Å². The Labute approximate surface area is 129 Å². The summed E-state index contributed by atoms with van der Waals surface area (Å²) in [7, 11) is 0. The number of hydrogen-bond donors (Lipinski definition) is 3. The zero-order valence-corrected chi connectivity index (χ0v) is 12.8. The molecule has 0 unspecified atom stereocenters. The van der Waals surface area contributed by atoms with E-state index in [1.165, 1.54) is 6.21 Å². The number of rotatable bonds is 3. The van der Waals surface area contributed by atoms with Crippen LogP contribution in [0.15, 0.2) is 41.5 Å². The molecule has 114 valence electrons. The van der Waals surface area contributed by atoms with Gasteiger partial charge in [-0.1, -0.05) is 23.8 Å². The van der Waals surface area contributed by atoms with Gasteiger partial charge < -0.3 is 10.4 Å². The second-order valence-corrected chi connectivity index (χ2v) is 5.20. The maximum absolute atomic E-state index is 11.8. The summed E-state index contributed by atoms with van der Waals surface area (Å²) in [5.74, 6) is 0.125. The molecule has 0 radical (unpaired) electrons. The number of nitrogens with one attached hydrogen (secondary N) is 2. The van der Waals surface area contributed by atoms with E-state index in [0.29, 0.717) is 5.56 Å². The fraction of sp³-hybridized carbons (Fsp3) is 0.176. The molecule has 2 aromatic carbocycles. The first-order chi connectivity index (χ1) is 10.5. The van der Waals surface area contributed by atoms with Gasteiger partial charge in [0.1, 0.15) is 5.75 Å². The van der Waals surface area contributed by atoms with Crippen LogP contribution in [0.5, 0.6) is 5.75 Å². The minimum Gasteiger partial charge on any atom is -0.507 e. The molecule has 0 atom stereocenters. The van der Waals surface area contributed by atoms with E-state index in [-0.39, 0.29) is 5.75 Å². The van der Waals surface area contributed by atoms with Gasteiger partial charge in [-0.05, 0) is 50.1 Å². The van der Waals surface area contributed by atoms with E-state index in [1.807, 2.05) is 45.0 Å². The van der Waals surface area contributed by atoms with E-state index in [4.69, 9.17) is 0 Å². The van der Waals surface area contributed by atoms with Gasteiger partial charge in [0.25, 0.3) is 0 Å². The van der Waals surface area contributed by atoms with Gasteiger partial charge in [0.15, 0.2) is 0 Å². The van der Waals surface area contributed by atoms with Crippen LogP contribution in [0.3, 0.4) is 0 Å². The number of hydrogen-bond acceptors (Lipinski definition) is 3. The third-order valence-electron chi connectivity index (χ3n) is 3.19. The van der Waals surface area contributed by atoms with Crippen LogP contribution in [0.2, 0.25) is 0 Å². The number of carbonyl (C=O) groups excluding carboxylic acids is 1. The molecule has 5 nitrogen and oxygen atoms in total. The lowest BCUT2D eigenvalue weighted by Gasteiger charge is -2.08. The number of urea groups is 1. The summed E-state index contributed by atoms with van der Waals surface area (Å²) in [6.07, 6.45) is 1.40. The number of phenols is 1. The third-order valence-corrected chi connectivity index (χ3v) is 3.19. The molecule has 5 heteroatoms.